The van der Waals surface area contributed by atoms with Crippen molar-refractivity contribution in [2.45, 2.75) is 0 Å². The molecule has 0 fully saturated rings. The monoisotopic (exact) mass is 185 g/mol. The van der Waals surface area contributed by atoms with Crippen molar-refractivity contribution in [3.05, 3.63) is 22.4 Å². The minimum absolute atomic E-state index is 0.0735. The van der Waals surface area contributed by atoms with Crippen LogP contribution in [0.3, 0.4) is 0 Å². The molecule has 6 nitrogen and oxygen atoms in total. The minimum Gasteiger partial charge on any atom is -0.490 e. The number of aromatic nitrogens is 1. The van der Waals surface area contributed by atoms with Gasteiger partial charge in [-0.1, -0.05) is 0 Å². The van der Waals surface area contributed by atoms with E-state index in [4.69, 9.17) is 9.47 Å². The Hall–Kier alpha value is -1.85. The van der Waals surface area contributed by atoms with Gasteiger partial charge in [0, 0.05) is 0 Å². The lowest BCUT2D eigenvalue weighted by Gasteiger charge is -1.99. The van der Waals surface area contributed by atoms with E-state index in [9.17, 15) is 10.1 Å². The highest BCUT2D eigenvalue weighted by molar-refractivity contribution is 5.50. The molecular weight excluding hydrogens is 176 g/mol. The third-order valence-electron chi connectivity index (χ3n) is 1.50. The largest absolute Gasteiger partial charge is 0.490 e. The fourth-order valence-corrected chi connectivity index (χ4v) is 0.945. The molecule has 0 atom stereocenters. The summed E-state index contributed by atoms with van der Waals surface area (Å²) >= 11 is 0. The normalized spacial score (nSPS) is 9.38. The van der Waals surface area contributed by atoms with Gasteiger partial charge in [-0.25, -0.2) is 0 Å². The number of H-pyrrole nitrogens is 1. The Morgan fingerprint density at radius 2 is 2.15 bits per heavy atom. The van der Waals surface area contributed by atoms with Gasteiger partial charge in [-0.15, -0.1) is 0 Å². The molecule has 13 heavy (non-hydrogen) atoms. The van der Waals surface area contributed by atoms with E-state index in [2.05, 4.69) is 4.98 Å². The Morgan fingerprint density at radius 3 is 2.62 bits per heavy atom. The van der Waals surface area contributed by atoms with Crippen molar-refractivity contribution in [1.29, 1.82) is 0 Å². The van der Waals surface area contributed by atoms with Crippen molar-refractivity contribution >= 4 is 5.69 Å². The minimum atomic E-state index is -0.561. The van der Waals surface area contributed by atoms with Crippen LogP contribution in [-0.2, 0) is 0 Å². The molecule has 0 aromatic carbocycles. The molecule has 0 bridgehead atoms. The lowest BCUT2D eigenvalue weighted by atomic mass is 10.4. The molecule has 1 N–H and O–H groups in total. The number of aromatic amines is 1. The van der Waals surface area contributed by atoms with Crippen molar-refractivity contribution in [2.75, 3.05) is 14.2 Å². The van der Waals surface area contributed by atoms with Gasteiger partial charge in [0.1, 0.15) is 0 Å². The molecule has 0 spiro atoms. The molecule has 0 aliphatic rings. The summed E-state index contributed by atoms with van der Waals surface area (Å²) < 4.78 is 9.58. The van der Waals surface area contributed by atoms with Crippen molar-refractivity contribution in [3.63, 3.8) is 0 Å². The lowest BCUT2D eigenvalue weighted by molar-refractivity contribution is -0.430. The number of nitro groups is 1. The first-order chi connectivity index (χ1) is 6.20. The first-order valence-corrected chi connectivity index (χ1v) is 3.47. The zero-order valence-corrected chi connectivity index (χ0v) is 7.23. The van der Waals surface area contributed by atoms with E-state index in [1.54, 1.807) is 0 Å². The molecule has 1 aromatic heterocycles. The van der Waals surface area contributed by atoms with Crippen LogP contribution in [0, 0.1) is 10.1 Å². The highest BCUT2D eigenvalue weighted by Gasteiger charge is 2.27. The molecule has 1 rings (SSSR count). The third kappa shape index (κ3) is 1.66. The first kappa shape index (κ1) is 9.24. The van der Waals surface area contributed by atoms with Crippen molar-refractivity contribution < 1.29 is 19.4 Å². The second-order valence-corrected chi connectivity index (χ2v) is 2.19. The van der Waals surface area contributed by atoms with Crippen molar-refractivity contribution in [3.8, 4) is 11.6 Å². The number of methoxy groups -OCH3 is 2. The molecule has 0 amide bonds. The molecular formula is C7H9N2O4+. The maximum atomic E-state index is 10.6. The number of hydrogen-bond donors (Lipinski definition) is 0. The standard InChI is InChI=1S/C7H8N2O4/c1-12-5-3-4-8-7(13-2)6(5)9(10)11/h3-4H,1-2H3/p+1. The van der Waals surface area contributed by atoms with Crippen molar-refractivity contribution in [1.82, 2.24) is 0 Å². The van der Waals surface area contributed by atoms with Crippen LogP contribution >= 0.6 is 0 Å². The van der Waals surface area contributed by atoms with Gasteiger partial charge in [-0.3, -0.25) is 10.1 Å². The van der Waals surface area contributed by atoms with E-state index in [0.29, 0.717) is 0 Å². The number of nitrogens with one attached hydrogen (secondary N) is 1. The van der Waals surface area contributed by atoms with Gasteiger partial charge in [-0.2, -0.15) is 4.98 Å². The molecule has 0 saturated carbocycles. The van der Waals surface area contributed by atoms with E-state index in [1.165, 1.54) is 26.5 Å². The predicted molar refractivity (Wildman–Crippen MR) is 42.8 cm³/mol. The topological polar surface area (TPSA) is 75.7 Å². The van der Waals surface area contributed by atoms with Gasteiger partial charge < -0.3 is 9.47 Å². The Balaban J connectivity index is 3.29. The molecule has 6 heteroatoms. The van der Waals surface area contributed by atoms with Crippen LogP contribution < -0.4 is 14.5 Å². The van der Waals surface area contributed by atoms with Crippen LogP contribution in [0.1, 0.15) is 0 Å². The smallest absolute Gasteiger partial charge is 0.450 e. The van der Waals surface area contributed by atoms with E-state index in [-0.39, 0.29) is 17.3 Å². The Kier molecular flexibility index (Phi) is 2.63. The molecule has 0 aliphatic carbocycles. The van der Waals surface area contributed by atoms with Gasteiger partial charge in [0.2, 0.25) is 5.75 Å². The molecule has 1 heterocycles. The van der Waals surface area contributed by atoms with Gasteiger partial charge in [0.15, 0.2) is 6.20 Å². The maximum absolute atomic E-state index is 10.6. The summed E-state index contributed by atoms with van der Waals surface area (Å²) in [6.07, 6.45) is 1.50. The zero-order valence-electron chi connectivity index (χ0n) is 7.23. The van der Waals surface area contributed by atoms with Gasteiger partial charge in [0.05, 0.1) is 25.2 Å². The first-order valence-electron chi connectivity index (χ1n) is 3.47. The molecule has 70 valence electrons. The van der Waals surface area contributed by atoms with E-state index in [1.807, 2.05) is 0 Å². The predicted octanol–water partition coefficient (Wildman–Crippen LogP) is 0.426. The quantitative estimate of drug-likeness (QED) is 0.505. The lowest BCUT2D eigenvalue weighted by Crippen LogP contribution is -2.10. The van der Waals surface area contributed by atoms with E-state index < -0.39 is 4.92 Å². The van der Waals surface area contributed by atoms with Crippen LogP contribution in [0.15, 0.2) is 12.3 Å². The van der Waals surface area contributed by atoms with Crippen molar-refractivity contribution in [2.24, 2.45) is 0 Å². The van der Waals surface area contributed by atoms with Crippen LogP contribution in [0.25, 0.3) is 0 Å². The van der Waals surface area contributed by atoms with Crippen LogP contribution in [-0.4, -0.2) is 19.1 Å². The summed E-state index contributed by atoms with van der Waals surface area (Å²) in [4.78, 5) is 12.6. The number of nitrogens with zero attached hydrogens (tertiary/aromatic N) is 1. The van der Waals surface area contributed by atoms with Gasteiger partial charge in [-0.05, 0) is 0 Å². The summed E-state index contributed by atoms with van der Waals surface area (Å²) in [6.45, 7) is 0. The molecule has 1 aromatic rings. The Morgan fingerprint density at radius 1 is 1.46 bits per heavy atom. The Bertz CT molecular complexity index is 304. The molecule has 0 radical (unpaired) electrons. The molecule has 0 aliphatic heterocycles. The van der Waals surface area contributed by atoms with E-state index >= 15 is 0 Å². The number of ether oxygens (including phenoxy) is 2. The number of hydrogen-bond acceptors (Lipinski definition) is 4. The van der Waals surface area contributed by atoms with Crippen LogP contribution in [0.4, 0.5) is 5.69 Å². The molecule has 0 unspecified atom stereocenters. The number of pyridine rings is 1. The average Bonchev–Trinajstić information content (AvgIpc) is 2.16. The second kappa shape index (κ2) is 3.70. The maximum Gasteiger partial charge on any atom is 0.450 e. The van der Waals surface area contributed by atoms with Gasteiger partial charge in [0.25, 0.3) is 0 Å². The summed E-state index contributed by atoms with van der Waals surface area (Å²) in [5, 5.41) is 10.6. The summed E-state index contributed by atoms with van der Waals surface area (Å²) in [5.41, 5.74) is -0.201. The third-order valence-corrected chi connectivity index (χ3v) is 1.50. The average molecular weight is 185 g/mol. The summed E-state index contributed by atoms with van der Waals surface area (Å²) in [5.74, 6) is 0.241. The summed E-state index contributed by atoms with van der Waals surface area (Å²) in [6, 6.07) is 1.46. The highest BCUT2D eigenvalue weighted by atomic mass is 16.6. The molecule has 0 saturated heterocycles. The van der Waals surface area contributed by atoms with Gasteiger partial charge >= 0.3 is 11.6 Å². The highest BCUT2D eigenvalue weighted by Crippen LogP contribution is 2.31. The SMILES string of the molecule is COc1cc[nH+]c(OC)c1[N+](=O)[O-]. The second-order valence-electron chi connectivity index (χ2n) is 2.19. The van der Waals surface area contributed by atoms with Crippen LogP contribution in [0.5, 0.6) is 11.6 Å². The zero-order chi connectivity index (χ0) is 9.84. The fourth-order valence-electron chi connectivity index (χ4n) is 0.945. The van der Waals surface area contributed by atoms with Crippen LogP contribution in [0.2, 0.25) is 0 Å². The fraction of sp³-hybridized carbons (Fsp3) is 0.286. The summed E-state index contributed by atoms with van der Waals surface area (Å²) in [7, 11) is 2.71. The number of rotatable bonds is 3. The van der Waals surface area contributed by atoms with E-state index in [0.717, 1.165) is 0 Å². The Labute approximate surface area is 74.3 Å².